The van der Waals surface area contributed by atoms with Crippen molar-refractivity contribution in [2.24, 2.45) is 0 Å². The Morgan fingerprint density at radius 2 is 0.545 bits per heavy atom. The van der Waals surface area contributed by atoms with E-state index in [9.17, 15) is 0 Å². The van der Waals surface area contributed by atoms with E-state index in [-0.39, 0.29) is 0 Å². The van der Waals surface area contributed by atoms with Crippen molar-refractivity contribution in [3.8, 4) is 55.6 Å². The molecule has 0 aliphatic heterocycles. The molecule has 8 rings (SSSR count). The first-order valence-electron chi connectivity index (χ1n) is 15.2. The Hall–Kier alpha value is -5.72. The third-order valence-electron chi connectivity index (χ3n) is 8.65. The molecule has 44 heavy (non-hydrogen) atoms. The van der Waals surface area contributed by atoms with Gasteiger partial charge in [0.15, 0.2) is 0 Å². The highest BCUT2D eigenvalue weighted by Gasteiger charge is 2.19. The van der Waals surface area contributed by atoms with Crippen molar-refractivity contribution in [1.82, 2.24) is 0 Å². The fraction of sp³-hybridized carbons (Fsp3) is 0. The van der Waals surface area contributed by atoms with Gasteiger partial charge in [0, 0.05) is 0 Å². The summed E-state index contributed by atoms with van der Waals surface area (Å²) in [5.74, 6) is 0. The van der Waals surface area contributed by atoms with Crippen molar-refractivity contribution in [3.63, 3.8) is 0 Å². The van der Waals surface area contributed by atoms with E-state index >= 15 is 0 Å². The molecule has 0 unspecified atom stereocenters. The predicted molar refractivity (Wildman–Crippen MR) is 189 cm³/mol. The van der Waals surface area contributed by atoms with Crippen LogP contribution in [0.4, 0.5) is 0 Å². The molecule has 0 saturated heterocycles. The second kappa shape index (κ2) is 11.2. The number of hydrogen-bond donors (Lipinski definition) is 0. The smallest absolute Gasteiger partial charge is 0.00201 e. The minimum Gasteiger partial charge on any atom is -0.0622 e. The van der Waals surface area contributed by atoms with Gasteiger partial charge in [-0.3, -0.25) is 0 Å². The topological polar surface area (TPSA) is 0 Å². The molecule has 0 aromatic heterocycles. The summed E-state index contributed by atoms with van der Waals surface area (Å²) >= 11 is 0. The molecule has 0 aliphatic carbocycles. The average molecular weight is 559 g/mol. The summed E-state index contributed by atoms with van der Waals surface area (Å²) in [6, 6.07) is 65.9. The van der Waals surface area contributed by atoms with Crippen molar-refractivity contribution in [3.05, 3.63) is 182 Å². The lowest BCUT2D eigenvalue weighted by Gasteiger charge is -2.20. The molecule has 8 aromatic rings. The van der Waals surface area contributed by atoms with Crippen LogP contribution in [-0.2, 0) is 0 Å². The number of rotatable bonds is 5. The first-order chi connectivity index (χ1) is 21.8. The van der Waals surface area contributed by atoms with E-state index in [4.69, 9.17) is 0 Å². The predicted octanol–water partition coefficient (Wildman–Crippen LogP) is 12.3. The van der Waals surface area contributed by atoms with Gasteiger partial charge in [0.1, 0.15) is 0 Å². The maximum atomic E-state index is 2.37. The third kappa shape index (κ3) is 4.58. The Bertz CT molecular complexity index is 2130. The monoisotopic (exact) mass is 558 g/mol. The van der Waals surface area contributed by atoms with E-state index in [0.29, 0.717) is 0 Å². The van der Waals surface area contributed by atoms with Gasteiger partial charge in [0.25, 0.3) is 0 Å². The highest BCUT2D eigenvalue weighted by molar-refractivity contribution is 6.22. The van der Waals surface area contributed by atoms with Gasteiger partial charge in [-0.15, -0.1) is 0 Å². The van der Waals surface area contributed by atoms with E-state index in [0.717, 1.165) is 0 Å². The van der Waals surface area contributed by atoms with E-state index in [2.05, 4.69) is 182 Å². The van der Waals surface area contributed by atoms with Crippen LogP contribution in [0.5, 0.6) is 0 Å². The van der Waals surface area contributed by atoms with Crippen molar-refractivity contribution in [2.45, 2.75) is 0 Å². The molecule has 206 valence electrons. The maximum Gasteiger partial charge on any atom is -0.00201 e. The standard InChI is InChI=1S/C44H30/c1-4-16-31(17-5-1)34-28-35(32-18-6-2-7-19-32)30-36(29-34)43-39-24-12-14-26-41(39)44(42-27-15-13-25-40(42)43)38-23-11-10-22-37(38)33-20-8-3-9-21-33/h1-30H. The van der Waals surface area contributed by atoms with Crippen molar-refractivity contribution >= 4 is 21.5 Å². The molecule has 0 heterocycles. The Morgan fingerprint density at radius 1 is 0.205 bits per heavy atom. The van der Waals surface area contributed by atoms with Crippen LogP contribution >= 0.6 is 0 Å². The zero-order chi connectivity index (χ0) is 29.3. The van der Waals surface area contributed by atoms with Gasteiger partial charge in [-0.05, 0) is 95.4 Å². The lowest BCUT2D eigenvalue weighted by atomic mass is 9.83. The summed E-state index contributed by atoms with van der Waals surface area (Å²) in [5, 5.41) is 5.04. The Balaban J connectivity index is 1.47. The fourth-order valence-electron chi connectivity index (χ4n) is 6.67. The number of benzene rings is 8. The second-order valence-electron chi connectivity index (χ2n) is 11.3. The first kappa shape index (κ1) is 25.9. The Kier molecular flexibility index (Phi) is 6.59. The van der Waals surface area contributed by atoms with Gasteiger partial charge in [-0.2, -0.15) is 0 Å². The van der Waals surface area contributed by atoms with Gasteiger partial charge in [0.2, 0.25) is 0 Å². The molecule has 0 N–H and O–H groups in total. The van der Waals surface area contributed by atoms with Crippen LogP contribution in [0.3, 0.4) is 0 Å². The molecular formula is C44H30. The minimum atomic E-state index is 1.22. The van der Waals surface area contributed by atoms with Crippen LogP contribution in [0.1, 0.15) is 0 Å². The van der Waals surface area contributed by atoms with Gasteiger partial charge in [0.05, 0.1) is 0 Å². The van der Waals surface area contributed by atoms with Crippen LogP contribution in [0.25, 0.3) is 77.2 Å². The van der Waals surface area contributed by atoms with Gasteiger partial charge in [-0.25, -0.2) is 0 Å². The van der Waals surface area contributed by atoms with E-state index in [1.165, 1.54) is 77.2 Å². The number of fused-ring (bicyclic) bond motifs is 2. The van der Waals surface area contributed by atoms with Crippen molar-refractivity contribution in [2.75, 3.05) is 0 Å². The zero-order valence-electron chi connectivity index (χ0n) is 24.3. The van der Waals surface area contributed by atoms with Crippen LogP contribution in [0, 0.1) is 0 Å². The van der Waals surface area contributed by atoms with Crippen molar-refractivity contribution in [1.29, 1.82) is 0 Å². The molecule has 0 bridgehead atoms. The summed E-state index contributed by atoms with van der Waals surface area (Å²) in [6.07, 6.45) is 0. The van der Waals surface area contributed by atoms with Crippen LogP contribution in [0.2, 0.25) is 0 Å². The summed E-state index contributed by atoms with van der Waals surface area (Å²) in [7, 11) is 0. The highest BCUT2D eigenvalue weighted by Crippen LogP contribution is 2.47. The SMILES string of the molecule is c1ccc(-c2cc(-c3ccccc3)cc(-c3c4ccccc4c(-c4ccccc4-c4ccccc4)c4ccccc34)c2)cc1. The molecule has 0 aliphatic rings. The normalized spacial score (nSPS) is 11.2. The average Bonchev–Trinajstić information content (AvgIpc) is 3.11. The molecule has 0 fully saturated rings. The third-order valence-corrected chi connectivity index (χ3v) is 8.65. The van der Waals surface area contributed by atoms with Gasteiger partial charge >= 0.3 is 0 Å². The first-order valence-corrected chi connectivity index (χ1v) is 15.2. The summed E-state index contributed by atoms with van der Waals surface area (Å²) in [4.78, 5) is 0. The quantitative estimate of drug-likeness (QED) is 0.184. The minimum absolute atomic E-state index is 1.22. The molecule has 0 radical (unpaired) electrons. The summed E-state index contributed by atoms with van der Waals surface area (Å²) in [6.45, 7) is 0. The van der Waals surface area contributed by atoms with Crippen LogP contribution in [0.15, 0.2) is 182 Å². The van der Waals surface area contributed by atoms with Crippen molar-refractivity contribution < 1.29 is 0 Å². The second-order valence-corrected chi connectivity index (χ2v) is 11.3. The number of hydrogen-bond acceptors (Lipinski definition) is 0. The fourth-order valence-corrected chi connectivity index (χ4v) is 6.67. The highest BCUT2D eigenvalue weighted by atomic mass is 14.2. The Morgan fingerprint density at radius 3 is 1.02 bits per heavy atom. The molecule has 0 heteroatoms. The maximum absolute atomic E-state index is 2.37. The lowest BCUT2D eigenvalue weighted by Crippen LogP contribution is -1.93. The largest absolute Gasteiger partial charge is 0.0622 e. The molecule has 0 nitrogen and oxygen atoms in total. The Labute approximate surface area is 258 Å². The van der Waals surface area contributed by atoms with E-state index < -0.39 is 0 Å². The molecule has 0 saturated carbocycles. The summed E-state index contributed by atoms with van der Waals surface area (Å²) in [5.41, 5.74) is 12.4. The zero-order valence-corrected chi connectivity index (χ0v) is 24.3. The van der Waals surface area contributed by atoms with Crippen LogP contribution < -0.4 is 0 Å². The van der Waals surface area contributed by atoms with E-state index in [1.54, 1.807) is 0 Å². The van der Waals surface area contributed by atoms with Gasteiger partial charge in [-0.1, -0.05) is 164 Å². The lowest BCUT2D eigenvalue weighted by molar-refractivity contribution is 1.58. The molecule has 0 spiro atoms. The summed E-state index contributed by atoms with van der Waals surface area (Å²) < 4.78 is 0. The van der Waals surface area contributed by atoms with Crippen LogP contribution in [-0.4, -0.2) is 0 Å². The molecule has 0 atom stereocenters. The molecule has 0 amide bonds. The van der Waals surface area contributed by atoms with Gasteiger partial charge < -0.3 is 0 Å². The molecular weight excluding hydrogens is 528 g/mol. The van der Waals surface area contributed by atoms with E-state index in [1.807, 2.05) is 0 Å². The molecule has 8 aromatic carbocycles.